The zero-order valence-electron chi connectivity index (χ0n) is 15.6. The first kappa shape index (κ1) is 17.9. The number of morpholine rings is 1. The van der Waals surface area contributed by atoms with Crippen LogP contribution in [0.1, 0.15) is 13.8 Å². The van der Waals surface area contributed by atoms with Crippen LogP contribution in [0.25, 0.3) is 22.6 Å². The van der Waals surface area contributed by atoms with Crippen molar-refractivity contribution in [3.63, 3.8) is 0 Å². The van der Waals surface area contributed by atoms with Crippen LogP contribution in [0.2, 0.25) is 5.02 Å². The predicted molar refractivity (Wildman–Crippen MR) is 107 cm³/mol. The van der Waals surface area contributed by atoms with E-state index in [1.165, 1.54) is 0 Å². The van der Waals surface area contributed by atoms with Gasteiger partial charge < -0.3 is 14.2 Å². The molecule has 3 aromatic rings. The van der Waals surface area contributed by atoms with Gasteiger partial charge in [0.05, 0.1) is 12.2 Å². The van der Waals surface area contributed by atoms with Crippen LogP contribution in [0.3, 0.4) is 0 Å². The molecule has 0 radical (unpaired) electrons. The largest absolute Gasteiger partial charge is 0.372 e. The first-order valence-corrected chi connectivity index (χ1v) is 9.40. The number of halogens is 1. The maximum Gasteiger partial charge on any atom is 0.226 e. The van der Waals surface area contributed by atoms with Crippen molar-refractivity contribution >= 4 is 17.5 Å². The van der Waals surface area contributed by atoms with Gasteiger partial charge >= 0.3 is 0 Å². The molecule has 0 N–H and O–H groups in total. The molecule has 7 heteroatoms. The summed E-state index contributed by atoms with van der Waals surface area (Å²) in [7, 11) is 1.97. The van der Waals surface area contributed by atoms with Gasteiger partial charge in [-0.3, -0.25) is 0 Å². The Hall–Kier alpha value is -2.44. The Bertz CT molecular complexity index is 930. The lowest BCUT2D eigenvalue weighted by molar-refractivity contribution is -0.00571. The highest BCUT2D eigenvalue weighted by Gasteiger charge is 2.25. The minimum Gasteiger partial charge on any atom is -0.372 e. The number of imidazole rings is 1. The number of rotatable bonds is 3. The highest BCUT2D eigenvalue weighted by molar-refractivity contribution is 6.30. The van der Waals surface area contributed by atoms with Crippen LogP contribution >= 0.6 is 11.6 Å². The van der Waals surface area contributed by atoms with Gasteiger partial charge in [-0.2, -0.15) is 0 Å². The predicted octanol–water partition coefficient (Wildman–Crippen LogP) is 3.81. The van der Waals surface area contributed by atoms with Gasteiger partial charge in [-0.05, 0) is 31.5 Å². The van der Waals surface area contributed by atoms with Gasteiger partial charge in [-0.1, -0.05) is 23.7 Å². The number of hydrogen-bond acceptors (Lipinski definition) is 5. The van der Waals surface area contributed by atoms with E-state index in [1.54, 1.807) is 6.20 Å². The summed E-state index contributed by atoms with van der Waals surface area (Å²) in [6, 6.07) is 7.70. The number of aryl methyl sites for hydroxylation is 1. The molecule has 0 amide bonds. The molecule has 0 saturated carbocycles. The van der Waals surface area contributed by atoms with Crippen LogP contribution in [-0.4, -0.2) is 44.8 Å². The standard InChI is InChI=1S/C20H22ClN5O/c1-13-11-26(12-14(2)27-13)20-23-10-17(15-4-6-16(21)7-5-15)18(24-20)19-22-8-9-25(19)3/h4-10,13-14H,11-12H2,1-3H3/t13-,14-/m1/s1. The second kappa shape index (κ2) is 7.29. The summed E-state index contributed by atoms with van der Waals surface area (Å²) in [5.74, 6) is 1.51. The van der Waals surface area contributed by atoms with E-state index in [0.29, 0.717) is 11.0 Å². The van der Waals surface area contributed by atoms with E-state index in [0.717, 1.165) is 35.7 Å². The Balaban J connectivity index is 1.81. The third-order valence-corrected chi connectivity index (χ3v) is 4.92. The quantitative estimate of drug-likeness (QED) is 0.688. The van der Waals surface area contributed by atoms with Gasteiger partial charge in [0, 0.05) is 49.3 Å². The molecule has 6 nitrogen and oxygen atoms in total. The molecule has 2 aromatic heterocycles. The number of aromatic nitrogens is 4. The molecule has 140 valence electrons. The van der Waals surface area contributed by atoms with Crippen molar-refractivity contribution < 1.29 is 4.74 Å². The maximum atomic E-state index is 6.05. The van der Waals surface area contributed by atoms with Crippen LogP contribution in [0.5, 0.6) is 0 Å². The SMILES string of the molecule is C[C@@H]1CN(c2ncc(-c3ccc(Cl)cc3)c(-c3nccn3C)n2)C[C@@H](C)O1. The van der Waals surface area contributed by atoms with Gasteiger partial charge in [0.2, 0.25) is 5.95 Å². The molecule has 4 rings (SSSR count). The van der Waals surface area contributed by atoms with Crippen LogP contribution in [-0.2, 0) is 11.8 Å². The van der Waals surface area contributed by atoms with Gasteiger partial charge in [0.1, 0.15) is 5.69 Å². The number of anilines is 1. The summed E-state index contributed by atoms with van der Waals surface area (Å²) in [4.78, 5) is 16.3. The Labute approximate surface area is 163 Å². The topological polar surface area (TPSA) is 56.1 Å². The van der Waals surface area contributed by atoms with Crippen LogP contribution in [0.4, 0.5) is 5.95 Å². The molecular weight excluding hydrogens is 362 g/mol. The molecule has 0 spiro atoms. The Morgan fingerprint density at radius 3 is 2.41 bits per heavy atom. The molecule has 0 bridgehead atoms. The summed E-state index contributed by atoms with van der Waals surface area (Å²) >= 11 is 6.05. The van der Waals surface area contributed by atoms with Gasteiger partial charge in [0.15, 0.2) is 5.82 Å². The lowest BCUT2D eigenvalue weighted by Crippen LogP contribution is -2.46. The molecule has 1 aromatic carbocycles. The van der Waals surface area contributed by atoms with E-state index in [9.17, 15) is 0 Å². The summed E-state index contributed by atoms with van der Waals surface area (Å²) in [5.41, 5.74) is 2.74. The number of nitrogens with zero attached hydrogens (tertiary/aromatic N) is 5. The van der Waals surface area contributed by atoms with Gasteiger partial charge in [-0.25, -0.2) is 15.0 Å². The lowest BCUT2D eigenvalue weighted by atomic mass is 10.1. The maximum absolute atomic E-state index is 6.05. The average molecular weight is 384 g/mol. The zero-order chi connectivity index (χ0) is 19.0. The minimum absolute atomic E-state index is 0.143. The molecule has 1 fully saturated rings. The summed E-state index contributed by atoms with van der Waals surface area (Å²) in [5, 5.41) is 0.700. The van der Waals surface area contributed by atoms with Crippen molar-refractivity contribution in [2.24, 2.45) is 7.05 Å². The van der Waals surface area contributed by atoms with Crippen LogP contribution in [0, 0.1) is 0 Å². The number of ether oxygens (including phenoxy) is 1. The molecular formula is C20H22ClN5O. The van der Waals surface area contributed by atoms with Gasteiger partial charge in [-0.15, -0.1) is 0 Å². The smallest absolute Gasteiger partial charge is 0.226 e. The van der Waals surface area contributed by atoms with Crippen LogP contribution in [0.15, 0.2) is 42.9 Å². The van der Waals surface area contributed by atoms with E-state index in [4.69, 9.17) is 21.3 Å². The summed E-state index contributed by atoms with van der Waals surface area (Å²) < 4.78 is 7.81. The molecule has 0 aliphatic carbocycles. The fraction of sp³-hybridized carbons (Fsp3) is 0.350. The van der Waals surface area contributed by atoms with Gasteiger partial charge in [0.25, 0.3) is 0 Å². The van der Waals surface area contributed by atoms with Crippen molar-refractivity contribution in [3.8, 4) is 22.6 Å². The second-order valence-electron chi connectivity index (χ2n) is 6.96. The fourth-order valence-electron chi connectivity index (χ4n) is 3.47. The molecule has 1 aliphatic rings. The number of benzene rings is 1. The highest BCUT2D eigenvalue weighted by atomic mass is 35.5. The fourth-order valence-corrected chi connectivity index (χ4v) is 3.60. The van der Waals surface area contributed by atoms with Crippen molar-refractivity contribution in [2.45, 2.75) is 26.1 Å². The molecule has 1 saturated heterocycles. The minimum atomic E-state index is 0.143. The van der Waals surface area contributed by atoms with E-state index >= 15 is 0 Å². The second-order valence-corrected chi connectivity index (χ2v) is 7.40. The van der Waals surface area contributed by atoms with Crippen molar-refractivity contribution in [1.82, 2.24) is 19.5 Å². The Kier molecular flexibility index (Phi) is 4.85. The van der Waals surface area contributed by atoms with Crippen molar-refractivity contribution in [2.75, 3.05) is 18.0 Å². The first-order chi connectivity index (χ1) is 13.0. The molecule has 27 heavy (non-hydrogen) atoms. The van der Waals surface area contributed by atoms with E-state index in [1.807, 2.05) is 48.3 Å². The average Bonchev–Trinajstić information content (AvgIpc) is 3.07. The normalized spacial score (nSPS) is 20.1. The molecule has 1 aliphatic heterocycles. The third-order valence-electron chi connectivity index (χ3n) is 4.67. The molecule has 2 atom stereocenters. The monoisotopic (exact) mass is 383 g/mol. The van der Waals surface area contributed by atoms with E-state index < -0.39 is 0 Å². The molecule has 0 unspecified atom stereocenters. The Morgan fingerprint density at radius 1 is 1.07 bits per heavy atom. The van der Waals surface area contributed by atoms with E-state index in [-0.39, 0.29) is 12.2 Å². The van der Waals surface area contributed by atoms with Crippen molar-refractivity contribution in [3.05, 3.63) is 47.9 Å². The van der Waals surface area contributed by atoms with E-state index in [2.05, 4.69) is 28.7 Å². The Morgan fingerprint density at radius 2 is 1.78 bits per heavy atom. The lowest BCUT2D eigenvalue weighted by Gasteiger charge is -2.35. The highest BCUT2D eigenvalue weighted by Crippen LogP contribution is 2.31. The van der Waals surface area contributed by atoms with Crippen LogP contribution < -0.4 is 4.90 Å². The zero-order valence-corrected chi connectivity index (χ0v) is 16.4. The molecule has 3 heterocycles. The number of hydrogen-bond donors (Lipinski definition) is 0. The summed E-state index contributed by atoms with van der Waals surface area (Å²) in [6.45, 7) is 5.68. The first-order valence-electron chi connectivity index (χ1n) is 9.02. The third kappa shape index (κ3) is 3.68. The van der Waals surface area contributed by atoms with Crippen molar-refractivity contribution in [1.29, 1.82) is 0 Å². The summed E-state index contributed by atoms with van der Waals surface area (Å²) in [6.07, 6.45) is 5.86.